The van der Waals surface area contributed by atoms with Crippen molar-refractivity contribution in [3.05, 3.63) is 60.2 Å². The van der Waals surface area contributed by atoms with Gasteiger partial charge in [0.25, 0.3) is 0 Å². The first-order chi connectivity index (χ1) is 16.0. The van der Waals surface area contributed by atoms with Crippen molar-refractivity contribution in [2.24, 2.45) is 0 Å². The molecule has 33 heavy (non-hydrogen) atoms. The maximum absolute atomic E-state index is 4.66. The van der Waals surface area contributed by atoms with E-state index in [0.717, 1.165) is 47.9 Å². The first kappa shape index (κ1) is 22.5. The van der Waals surface area contributed by atoms with Gasteiger partial charge in [-0.3, -0.25) is 0 Å². The van der Waals surface area contributed by atoms with Gasteiger partial charge < -0.3 is 25.7 Å². The van der Waals surface area contributed by atoms with E-state index in [4.69, 9.17) is 0 Å². The van der Waals surface area contributed by atoms with E-state index in [-0.39, 0.29) is 0 Å². The first-order valence-electron chi connectivity index (χ1n) is 11.3. The van der Waals surface area contributed by atoms with Crippen LogP contribution in [0.3, 0.4) is 0 Å². The van der Waals surface area contributed by atoms with Crippen LogP contribution in [0.4, 0.5) is 29.1 Å². The fourth-order valence-electron chi connectivity index (χ4n) is 3.47. The standard InChI is InChI=1S/C24H31N9/c1-5-17(3)25-7-8-26-20-15-22(29-19-6-10-33-11-9-27-23(33)14-19)32-24(30-20)31-21-13-16(2)12-18(4)28-21/h6,9-15,17,25H,5,7-8H2,1-4H3,(H3,26,28,29,30,31,32)/t17-/m0/s1. The number of anilines is 5. The molecule has 9 heteroatoms. The molecule has 4 aromatic rings. The maximum Gasteiger partial charge on any atom is 0.232 e. The van der Waals surface area contributed by atoms with Crippen LogP contribution in [0.2, 0.25) is 0 Å². The Balaban J connectivity index is 1.55. The number of nitrogens with one attached hydrogen (secondary N) is 4. The molecule has 4 heterocycles. The molecule has 0 aliphatic heterocycles. The fraction of sp³-hybridized carbons (Fsp3) is 0.333. The van der Waals surface area contributed by atoms with Gasteiger partial charge in [0.15, 0.2) is 0 Å². The third-order valence-corrected chi connectivity index (χ3v) is 5.27. The molecule has 0 aliphatic carbocycles. The van der Waals surface area contributed by atoms with E-state index >= 15 is 0 Å². The van der Waals surface area contributed by atoms with E-state index < -0.39 is 0 Å². The Labute approximate surface area is 194 Å². The average Bonchev–Trinajstić information content (AvgIpc) is 3.23. The van der Waals surface area contributed by atoms with E-state index in [9.17, 15) is 0 Å². The predicted octanol–water partition coefficient (Wildman–Crippen LogP) is 4.42. The highest BCUT2D eigenvalue weighted by atomic mass is 15.2. The second kappa shape index (κ2) is 10.3. The molecule has 0 aromatic carbocycles. The molecule has 4 rings (SSSR count). The van der Waals surface area contributed by atoms with Crippen LogP contribution in [0.5, 0.6) is 0 Å². The second-order valence-electron chi connectivity index (χ2n) is 8.18. The van der Waals surface area contributed by atoms with Crippen LogP contribution in [0.25, 0.3) is 5.65 Å². The maximum atomic E-state index is 4.66. The summed E-state index contributed by atoms with van der Waals surface area (Å²) in [4.78, 5) is 18.2. The minimum atomic E-state index is 0.469. The Hall–Kier alpha value is -3.72. The summed E-state index contributed by atoms with van der Waals surface area (Å²) in [5, 5.41) is 13.5. The van der Waals surface area contributed by atoms with Crippen molar-refractivity contribution in [2.75, 3.05) is 29.0 Å². The van der Waals surface area contributed by atoms with Crippen LogP contribution >= 0.6 is 0 Å². The zero-order valence-corrected chi connectivity index (χ0v) is 19.6. The molecule has 0 spiro atoms. The molecule has 0 saturated heterocycles. The molecule has 0 fully saturated rings. The third kappa shape index (κ3) is 6.17. The highest BCUT2D eigenvalue weighted by Crippen LogP contribution is 2.22. The molecule has 0 amide bonds. The van der Waals surface area contributed by atoms with Gasteiger partial charge in [-0.25, -0.2) is 9.97 Å². The van der Waals surface area contributed by atoms with Crippen LogP contribution < -0.4 is 21.3 Å². The topological polar surface area (TPSA) is 104 Å². The molecule has 0 radical (unpaired) electrons. The van der Waals surface area contributed by atoms with Crippen molar-refractivity contribution in [3.63, 3.8) is 0 Å². The summed E-state index contributed by atoms with van der Waals surface area (Å²) in [6, 6.07) is 10.4. The normalized spacial score (nSPS) is 12.0. The van der Waals surface area contributed by atoms with E-state index in [0.29, 0.717) is 23.6 Å². The second-order valence-corrected chi connectivity index (χ2v) is 8.18. The number of pyridine rings is 2. The van der Waals surface area contributed by atoms with Crippen LogP contribution in [0, 0.1) is 13.8 Å². The summed E-state index contributed by atoms with van der Waals surface area (Å²) >= 11 is 0. The lowest BCUT2D eigenvalue weighted by molar-refractivity contribution is 0.546. The average molecular weight is 446 g/mol. The van der Waals surface area contributed by atoms with E-state index in [2.05, 4.69) is 55.1 Å². The van der Waals surface area contributed by atoms with Gasteiger partial charge >= 0.3 is 0 Å². The van der Waals surface area contributed by atoms with E-state index in [1.807, 2.05) is 61.0 Å². The number of aryl methyl sites for hydroxylation is 2. The predicted molar refractivity (Wildman–Crippen MR) is 134 cm³/mol. The lowest BCUT2D eigenvalue weighted by atomic mass is 10.2. The van der Waals surface area contributed by atoms with Crippen molar-refractivity contribution >= 4 is 34.7 Å². The molecule has 1 atom stereocenters. The number of hydrogen-bond acceptors (Lipinski definition) is 8. The molecule has 0 saturated carbocycles. The van der Waals surface area contributed by atoms with Crippen LogP contribution in [-0.2, 0) is 0 Å². The summed E-state index contributed by atoms with van der Waals surface area (Å²) in [6.45, 7) is 9.97. The smallest absolute Gasteiger partial charge is 0.232 e. The Bertz CT molecular complexity index is 1200. The zero-order chi connectivity index (χ0) is 23.2. The number of fused-ring (bicyclic) bond motifs is 1. The SMILES string of the molecule is CC[C@H](C)NCCNc1cc(Nc2ccn3ccnc3c2)nc(Nc2cc(C)cc(C)n2)n1. The first-order valence-corrected chi connectivity index (χ1v) is 11.3. The van der Waals surface area contributed by atoms with E-state index in [1.165, 1.54) is 0 Å². The van der Waals surface area contributed by atoms with Crippen LogP contribution in [0.15, 0.2) is 48.9 Å². The minimum absolute atomic E-state index is 0.469. The summed E-state index contributed by atoms with van der Waals surface area (Å²) in [5.74, 6) is 2.59. The third-order valence-electron chi connectivity index (χ3n) is 5.27. The molecule has 0 unspecified atom stereocenters. The van der Waals surface area contributed by atoms with Gasteiger partial charge in [-0.2, -0.15) is 9.97 Å². The van der Waals surface area contributed by atoms with Crippen molar-refractivity contribution < 1.29 is 0 Å². The zero-order valence-electron chi connectivity index (χ0n) is 19.6. The van der Waals surface area contributed by atoms with Gasteiger partial charge in [-0.1, -0.05) is 6.92 Å². The Kier molecular flexibility index (Phi) is 6.99. The Morgan fingerprint density at radius 2 is 1.73 bits per heavy atom. The highest BCUT2D eigenvalue weighted by Gasteiger charge is 2.08. The molecular formula is C24H31N9. The molecule has 172 valence electrons. The molecule has 4 aromatic heterocycles. The Morgan fingerprint density at radius 3 is 2.55 bits per heavy atom. The molecule has 0 bridgehead atoms. The molecular weight excluding hydrogens is 414 g/mol. The van der Waals surface area contributed by atoms with Gasteiger partial charge in [0, 0.05) is 61.2 Å². The van der Waals surface area contributed by atoms with Crippen molar-refractivity contribution in [2.45, 2.75) is 40.2 Å². The number of imidazole rings is 1. The van der Waals surface area contributed by atoms with Gasteiger partial charge in [0.05, 0.1) is 0 Å². The van der Waals surface area contributed by atoms with Gasteiger partial charge in [-0.15, -0.1) is 0 Å². The largest absolute Gasteiger partial charge is 0.369 e. The van der Waals surface area contributed by atoms with Crippen LogP contribution in [0.1, 0.15) is 31.5 Å². The lowest BCUT2D eigenvalue weighted by Gasteiger charge is -2.14. The molecule has 0 aliphatic rings. The number of rotatable bonds is 10. The number of hydrogen-bond donors (Lipinski definition) is 4. The van der Waals surface area contributed by atoms with Crippen molar-refractivity contribution in [3.8, 4) is 0 Å². The molecule has 9 nitrogen and oxygen atoms in total. The van der Waals surface area contributed by atoms with Gasteiger partial charge in [0.1, 0.15) is 23.1 Å². The van der Waals surface area contributed by atoms with Gasteiger partial charge in [-0.05, 0) is 51.0 Å². The fourth-order valence-corrected chi connectivity index (χ4v) is 3.47. The van der Waals surface area contributed by atoms with Gasteiger partial charge in [0.2, 0.25) is 5.95 Å². The highest BCUT2D eigenvalue weighted by molar-refractivity contribution is 5.65. The quantitative estimate of drug-likeness (QED) is 0.266. The monoisotopic (exact) mass is 445 g/mol. The molecule has 4 N–H and O–H groups in total. The van der Waals surface area contributed by atoms with Crippen molar-refractivity contribution in [1.82, 2.24) is 29.7 Å². The van der Waals surface area contributed by atoms with E-state index in [1.54, 1.807) is 6.20 Å². The number of aromatic nitrogens is 5. The summed E-state index contributed by atoms with van der Waals surface area (Å²) in [6.07, 6.45) is 6.75. The summed E-state index contributed by atoms with van der Waals surface area (Å²) in [7, 11) is 0. The van der Waals surface area contributed by atoms with Crippen LogP contribution in [-0.4, -0.2) is 43.5 Å². The van der Waals surface area contributed by atoms with Crippen molar-refractivity contribution in [1.29, 1.82) is 0 Å². The minimum Gasteiger partial charge on any atom is -0.369 e. The summed E-state index contributed by atoms with van der Waals surface area (Å²) < 4.78 is 1.96. The number of nitrogens with zero attached hydrogens (tertiary/aromatic N) is 5. The summed E-state index contributed by atoms with van der Waals surface area (Å²) in [5.41, 5.74) is 3.82. The Morgan fingerprint density at radius 1 is 0.909 bits per heavy atom. The lowest BCUT2D eigenvalue weighted by Crippen LogP contribution is -2.30.